The van der Waals surface area contributed by atoms with Gasteiger partial charge in [-0.15, -0.1) is 0 Å². The van der Waals surface area contributed by atoms with Crippen LogP contribution in [0.5, 0.6) is 0 Å². The number of aryl methyl sites for hydroxylation is 1. The van der Waals surface area contributed by atoms with Gasteiger partial charge < -0.3 is 19.4 Å². The van der Waals surface area contributed by atoms with Gasteiger partial charge in [-0.3, -0.25) is 9.59 Å². The third-order valence-electron chi connectivity index (χ3n) is 5.38. The van der Waals surface area contributed by atoms with Crippen LogP contribution < -0.4 is 5.32 Å². The molecule has 0 aliphatic carbocycles. The van der Waals surface area contributed by atoms with Gasteiger partial charge in [0.05, 0.1) is 17.7 Å². The molecular weight excluding hydrogens is 346 g/mol. The van der Waals surface area contributed by atoms with Crippen molar-refractivity contribution >= 4 is 11.8 Å². The maximum absolute atomic E-state index is 12.7. The van der Waals surface area contributed by atoms with Gasteiger partial charge >= 0.3 is 0 Å². The molecule has 27 heavy (non-hydrogen) atoms. The number of nitrogens with one attached hydrogen (secondary N) is 1. The highest BCUT2D eigenvalue weighted by molar-refractivity contribution is 5.79. The maximum atomic E-state index is 12.7. The van der Waals surface area contributed by atoms with Gasteiger partial charge in [-0.1, -0.05) is 18.2 Å². The predicted octanol–water partition coefficient (Wildman–Crippen LogP) is 1.70. The Labute approximate surface area is 157 Å². The van der Waals surface area contributed by atoms with E-state index in [-0.39, 0.29) is 30.4 Å². The highest BCUT2D eigenvalue weighted by Gasteiger charge is 2.40. The van der Waals surface area contributed by atoms with Gasteiger partial charge in [0, 0.05) is 25.2 Å². The van der Waals surface area contributed by atoms with Crippen LogP contribution in [-0.2, 0) is 20.7 Å². The molecule has 2 aliphatic rings. The number of hydrogen-bond acceptors (Lipinski definition) is 5. The number of carbonyl (C=O) groups is 2. The number of hydrogen-bond donors (Lipinski definition) is 1. The summed E-state index contributed by atoms with van der Waals surface area (Å²) in [6.07, 6.45) is 1.69. The molecule has 7 nitrogen and oxygen atoms in total. The van der Waals surface area contributed by atoms with E-state index in [4.69, 9.17) is 9.15 Å². The summed E-state index contributed by atoms with van der Waals surface area (Å²) >= 11 is 0. The first-order valence-corrected chi connectivity index (χ1v) is 9.25. The molecule has 0 atom stereocenters. The molecule has 1 aromatic carbocycles. The molecule has 0 unspecified atom stereocenters. The average molecular weight is 369 g/mol. The first-order chi connectivity index (χ1) is 13.0. The monoisotopic (exact) mass is 369 g/mol. The van der Waals surface area contributed by atoms with Crippen LogP contribution in [0, 0.1) is 6.92 Å². The van der Waals surface area contributed by atoms with Crippen LogP contribution in [0.15, 0.2) is 34.7 Å². The molecule has 7 heteroatoms. The lowest BCUT2D eigenvalue weighted by Crippen LogP contribution is -2.58. The van der Waals surface area contributed by atoms with Gasteiger partial charge in [0.15, 0.2) is 0 Å². The molecule has 142 valence electrons. The van der Waals surface area contributed by atoms with Crippen molar-refractivity contribution in [1.29, 1.82) is 0 Å². The quantitative estimate of drug-likeness (QED) is 0.890. The van der Waals surface area contributed by atoms with Gasteiger partial charge in [0.1, 0.15) is 12.4 Å². The molecule has 1 spiro atoms. The van der Waals surface area contributed by atoms with Gasteiger partial charge in [0.25, 0.3) is 0 Å². The van der Waals surface area contributed by atoms with Crippen LogP contribution >= 0.6 is 0 Å². The third kappa shape index (κ3) is 3.73. The fourth-order valence-electron chi connectivity index (χ4n) is 3.62. The number of morpholine rings is 1. The molecule has 3 heterocycles. The first-order valence-electron chi connectivity index (χ1n) is 9.25. The second kappa shape index (κ2) is 7.15. The molecule has 0 bridgehead atoms. The molecule has 1 aromatic heterocycles. The fourth-order valence-corrected chi connectivity index (χ4v) is 3.62. The van der Waals surface area contributed by atoms with Crippen LogP contribution in [0.4, 0.5) is 0 Å². The van der Waals surface area contributed by atoms with E-state index in [1.807, 2.05) is 42.2 Å². The highest BCUT2D eigenvalue weighted by atomic mass is 16.5. The van der Waals surface area contributed by atoms with Crippen molar-refractivity contribution in [3.8, 4) is 11.5 Å². The molecule has 2 aliphatic heterocycles. The van der Waals surface area contributed by atoms with Crippen molar-refractivity contribution in [3.05, 3.63) is 41.8 Å². The maximum Gasteiger partial charge on any atom is 0.246 e. The Kier molecular flexibility index (Phi) is 4.70. The lowest BCUT2D eigenvalue weighted by atomic mass is 9.90. The zero-order valence-corrected chi connectivity index (χ0v) is 15.4. The molecular formula is C20H23N3O4. The molecule has 4 rings (SSSR count). The normalized spacial score (nSPS) is 19.1. The lowest BCUT2D eigenvalue weighted by molar-refractivity contribution is -0.154. The van der Waals surface area contributed by atoms with Crippen LogP contribution in [0.1, 0.15) is 24.3 Å². The van der Waals surface area contributed by atoms with Gasteiger partial charge in [-0.25, -0.2) is 4.98 Å². The Balaban J connectivity index is 1.38. The molecule has 0 radical (unpaired) electrons. The Morgan fingerprint density at radius 1 is 1.26 bits per heavy atom. The topological polar surface area (TPSA) is 84.7 Å². The van der Waals surface area contributed by atoms with Crippen LogP contribution in [0.25, 0.3) is 11.5 Å². The van der Waals surface area contributed by atoms with E-state index in [2.05, 4.69) is 10.3 Å². The van der Waals surface area contributed by atoms with Gasteiger partial charge in [-0.05, 0) is 31.9 Å². The number of aromatic nitrogens is 1. The lowest BCUT2D eigenvalue weighted by Gasteiger charge is -2.43. The smallest absolute Gasteiger partial charge is 0.246 e. The molecule has 2 amide bonds. The number of oxazole rings is 1. The largest absolute Gasteiger partial charge is 0.441 e. The minimum Gasteiger partial charge on any atom is -0.441 e. The summed E-state index contributed by atoms with van der Waals surface area (Å²) in [5.41, 5.74) is 1.26. The van der Waals surface area contributed by atoms with Gasteiger partial charge in [-0.2, -0.15) is 0 Å². The predicted molar refractivity (Wildman–Crippen MR) is 97.9 cm³/mol. The van der Waals surface area contributed by atoms with Gasteiger partial charge in [0.2, 0.25) is 17.7 Å². The summed E-state index contributed by atoms with van der Waals surface area (Å²) in [7, 11) is 0. The van der Waals surface area contributed by atoms with Crippen molar-refractivity contribution in [3.63, 3.8) is 0 Å². The Morgan fingerprint density at radius 2 is 2.00 bits per heavy atom. The van der Waals surface area contributed by atoms with Crippen molar-refractivity contribution in [2.45, 2.75) is 31.8 Å². The number of nitrogens with zero attached hydrogens (tertiary/aromatic N) is 2. The summed E-state index contributed by atoms with van der Waals surface area (Å²) in [5.74, 6) is 1.18. The zero-order valence-electron chi connectivity index (χ0n) is 15.4. The Bertz CT molecular complexity index is 826. The van der Waals surface area contributed by atoms with Crippen molar-refractivity contribution < 1.29 is 18.7 Å². The minimum absolute atomic E-state index is 0.0423. The third-order valence-corrected chi connectivity index (χ3v) is 5.38. The molecule has 2 aromatic rings. The number of likely N-dealkylation sites (tertiary alicyclic amines) is 1. The van der Waals surface area contributed by atoms with E-state index in [1.54, 1.807) is 0 Å². The number of amides is 2. The number of ether oxygens (including phenoxy) is 1. The first kappa shape index (κ1) is 17.7. The van der Waals surface area contributed by atoms with Crippen molar-refractivity contribution in [2.24, 2.45) is 0 Å². The standard InChI is InChI=1S/C20H23N3O4/c1-14-16(22-19(27-14)15-5-3-2-4-6-15)11-18(25)23-9-7-20(8-10-23)13-21-17(24)12-26-20/h2-6H,7-13H2,1H3,(H,21,24). The highest BCUT2D eigenvalue weighted by Crippen LogP contribution is 2.28. The van der Waals surface area contributed by atoms with E-state index >= 15 is 0 Å². The van der Waals surface area contributed by atoms with E-state index in [1.165, 1.54) is 0 Å². The number of rotatable bonds is 3. The second-order valence-electron chi connectivity index (χ2n) is 7.19. The van der Waals surface area contributed by atoms with Crippen LogP contribution in [0.2, 0.25) is 0 Å². The zero-order chi connectivity index (χ0) is 18.9. The van der Waals surface area contributed by atoms with Crippen LogP contribution in [-0.4, -0.2) is 53.5 Å². The summed E-state index contributed by atoms with van der Waals surface area (Å²) in [5, 5.41) is 2.86. The summed E-state index contributed by atoms with van der Waals surface area (Å²) < 4.78 is 11.5. The molecule has 1 N–H and O–H groups in total. The van der Waals surface area contributed by atoms with Crippen LogP contribution in [0.3, 0.4) is 0 Å². The SMILES string of the molecule is Cc1oc(-c2ccccc2)nc1CC(=O)N1CCC2(CC1)CNC(=O)CO2. The number of piperidine rings is 1. The Hall–Kier alpha value is -2.67. The summed E-state index contributed by atoms with van der Waals surface area (Å²) in [6.45, 7) is 3.71. The number of carbonyl (C=O) groups excluding carboxylic acids is 2. The summed E-state index contributed by atoms with van der Waals surface area (Å²) in [4.78, 5) is 30.4. The van der Waals surface area contributed by atoms with E-state index < -0.39 is 0 Å². The van der Waals surface area contributed by atoms with E-state index in [0.717, 1.165) is 18.4 Å². The molecule has 0 saturated carbocycles. The molecule has 2 saturated heterocycles. The summed E-state index contributed by atoms with van der Waals surface area (Å²) in [6, 6.07) is 9.67. The van der Waals surface area contributed by atoms with E-state index in [0.29, 0.717) is 37.0 Å². The second-order valence-corrected chi connectivity index (χ2v) is 7.19. The van der Waals surface area contributed by atoms with Crippen molar-refractivity contribution in [2.75, 3.05) is 26.2 Å². The van der Waals surface area contributed by atoms with Crippen molar-refractivity contribution in [1.82, 2.24) is 15.2 Å². The molecule has 2 fully saturated rings. The average Bonchev–Trinajstić information content (AvgIpc) is 3.06. The Morgan fingerprint density at radius 3 is 2.67 bits per heavy atom. The van der Waals surface area contributed by atoms with E-state index in [9.17, 15) is 9.59 Å². The number of benzene rings is 1. The minimum atomic E-state index is -0.324. The fraction of sp³-hybridized carbons (Fsp3) is 0.450.